The highest BCUT2D eigenvalue weighted by Crippen LogP contribution is 2.16. The van der Waals surface area contributed by atoms with E-state index in [4.69, 9.17) is 14.2 Å². The van der Waals surface area contributed by atoms with Gasteiger partial charge in [0.15, 0.2) is 6.10 Å². The Labute approximate surface area is 367 Å². The predicted octanol–water partition coefficient (Wildman–Crippen LogP) is 17.0. The van der Waals surface area contributed by atoms with Crippen LogP contribution in [0.15, 0.2) is 12.2 Å². The topological polar surface area (TPSA) is 78.9 Å². The molecular formula is C53H100O6. The van der Waals surface area contributed by atoms with E-state index in [1.807, 2.05) is 0 Å². The van der Waals surface area contributed by atoms with Crippen LogP contribution in [0.5, 0.6) is 0 Å². The van der Waals surface area contributed by atoms with E-state index in [-0.39, 0.29) is 31.1 Å². The Morgan fingerprint density at radius 3 is 0.864 bits per heavy atom. The Balaban J connectivity index is 4.32. The minimum Gasteiger partial charge on any atom is -0.462 e. The molecule has 0 saturated heterocycles. The first-order valence-corrected chi connectivity index (χ1v) is 26.2. The van der Waals surface area contributed by atoms with Crippen molar-refractivity contribution in [1.29, 1.82) is 0 Å². The molecule has 0 saturated carbocycles. The van der Waals surface area contributed by atoms with E-state index in [1.54, 1.807) is 0 Å². The molecule has 0 fully saturated rings. The third-order valence-electron chi connectivity index (χ3n) is 11.8. The molecule has 6 nitrogen and oxygen atoms in total. The number of carbonyl (C=O) groups is 3. The monoisotopic (exact) mass is 833 g/mol. The standard InChI is InChI=1S/C53H100O6/c1-4-7-10-13-16-19-22-25-26-29-31-34-37-40-43-46-52(55)58-49-50(59-53(56)47-44-41-38-35-32-28-24-21-18-15-12-9-6-3)48-57-51(54)45-42-39-36-33-30-27-23-20-17-14-11-8-5-2/h19,22,50H,4-18,20-21,23-49H2,1-3H3/b22-19+/t50-/m1/s1. The van der Waals surface area contributed by atoms with Gasteiger partial charge in [-0.2, -0.15) is 0 Å². The van der Waals surface area contributed by atoms with Gasteiger partial charge in [-0.25, -0.2) is 0 Å². The fourth-order valence-corrected chi connectivity index (χ4v) is 7.79. The molecule has 0 bridgehead atoms. The summed E-state index contributed by atoms with van der Waals surface area (Å²) in [6, 6.07) is 0. The zero-order valence-corrected chi connectivity index (χ0v) is 39.8. The quantitative estimate of drug-likeness (QED) is 0.0263. The van der Waals surface area contributed by atoms with Crippen molar-refractivity contribution < 1.29 is 28.6 Å². The summed E-state index contributed by atoms with van der Waals surface area (Å²) < 4.78 is 16.8. The van der Waals surface area contributed by atoms with Crippen molar-refractivity contribution in [2.24, 2.45) is 0 Å². The van der Waals surface area contributed by atoms with E-state index in [1.165, 1.54) is 193 Å². The molecular weight excluding hydrogens is 733 g/mol. The van der Waals surface area contributed by atoms with E-state index in [9.17, 15) is 14.4 Å². The number of ether oxygens (including phenoxy) is 3. The van der Waals surface area contributed by atoms with Crippen LogP contribution in [0.1, 0.15) is 290 Å². The van der Waals surface area contributed by atoms with Gasteiger partial charge in [0.1, 0.15) is 13.2 Å². The highest BCUT2D eigenvalue weighted by Gasteiger charge is 2.19. The molecule has 59 heavy (non-hydrogen) atoms. The third kappa shape index (κ3) is 47.1. The van der Waals surface area contributed by atoms with Gasteiger partial charge in [0.05, 0.1) is 0 Å². The smallest absolute Gasteiger partial charge is 0.306 e. The average Bonchev–Trinajstić information content (AvgIpc) is 3.23. The maximum atomic E-state index is 12.8. The maximum absolute atomic E-state index is 12.8. The maximum Gasteiger partial charge on any atom is 0.306 e. The van der Waals surface area contributed by atoms with Crippen LogP contribution >= 0.6 is 0 Å². The van der Waals surface area contributed by atoms with Gasteiger partial charge in [0.25, 0.3) is 0 Å². The van der Waals surface area contributed by atoms with E-state index < -0.39 is 6.10 Å². The zero-order chi connectivity index (χ0) is 43.0. The molecule has 348 valence electrons. The van der Waals surface area contributed by atoms with Gasteiger partial charge in [0, 0.05) is 19.3 Å². The van der Waals surface area contributed by atoms with Crippen molar-refractivity contribution in [2.45, 2.75) is 297 Å². The molecule has 0 N–H and O–H groups in total. The molecule has 1 atom stereocenters. The first kappa shape index (κ1) is 57.1. The first-order valence-electron chi connectivity index (χ1n) is 26.2. The second kappa shape index (κ2) is 48.8. The van der Waals surface area contributed by atoms with Gasteiger partial charge in [-0.15, -0.1) is 0 Å². The molecule has 0 radical (unpaired) electrons. The van der Waals surface area contributed by atoms with E-state index in [2.05, 4.69) is 32.9 Å². The summed E-state index contributed by atoms with van der Waals surface area (Å²) in [5.74, 6) is -0.853. The Bertz CT molecular complexity index is 916. The van der Waals surface area contributed by atoms with Crippen molar-refractivity contribution in [3.8, 4) is 0 Å². The van der Waals surface area contributed by atoms with Crippen molar-refractivity contribution >= 4 is 17.9 Å². The SMILES string of the molecule is CCCCCC/C=C/CCCCCCCCCC(=O)OC[C@@H](COC(=O)CCCCCCCCCCCCCCC)OC(=O)CCCCCCCCCCCCCCC. The molecule has 0 spiro atoms. The lowest BCUT2D eigenvalue weighted by atomic mass is 10.0. The molecule has 0 aliphatic rings. The fourth-order valence-electron chi connectivity index (χ4n) is 7.79. The number of esters is 3. The molecule has 0 aliphatic heterocycles. The average molecular weight is 833 g/mol. The van der Waals surface area contributed by atoms with Crippen LogP contribution in [0.25, 0.3) is 0 Å². The number of carbonyl (C=O) groups excluding carboxylic acids is 3. The third-order valence-corrected chi connectivity index (χ3v) is 11.8. The van der Waals surface area contributed by atoms with E-state index >= 15 is 0 Å². The molecule has 0 unspecified atom stereocenters. The summed E-state index contributed by atoms with van der Waals surface area (Å²) in [5, 5.41) is 0. The van der Waals surface area contributed by atoms with Crippen LogP contribution in [0.4, 0.5) is 0 Å². The predicted molar refractivity (Wildman–Crippen MR) is 252 cm³/mol. The number of hydrogen-bond donors (Lipinski definition) is 0. The second-order valence-electron chi connectivity index (χ2n) is 17.8. The zero-order valence-electron chi connectivity index (χ0n) is 39.8. The second-order valence-corrected chi connectivity index (χ2v) is 17.8. The van der Waals surface area contributed by atoms with Crippen molar-refractivity contribution in [2.75, 3.05) is 13.2 Å². The molecule has 0 aliphatic carbocycles. The number of rotatable bonds is 48. The van der Waals surface area contributed by atoms with Crippen molar-refractivity contribution in [3.63, 3.8) is 0 Å². The Morgan fingerprint density at radius 1 is 0.322 bits per heavy atom. The van der Waals surface area contributed by atoms with Gasteiger partial charge in [-0.1, -0.05) is 238 Å². The molecule has 0 amide bonds. The minimum absolute atomic E-state index is 0.0658. The first-order chi connectivity index (χ1) is 29.0. The summed E-state index contributed by atoms with van der Waals surface area (Å²) in [4.78, 5) is 37.9. The highest BCUT2D eigenvalue weighted by atomic mass is 16.6. The van der Waals surface area contributed by atoms with Gasteiger partial charge >= 0.3 is 17.9 Å². The van der Waals surface area contributed by atoms with Crippen LogP contribution in [0, 0.1) is 0 Å². The summed E-state index contributed by atoms with van der Waals surface area (Å²) in [5.41, 5.74) is 0. The molecule has 0 heterocycles. The van der Waals surface area contributed by atoms with Gasteiger partial charge in [-0.3, -0.25) is 14.4 Å². The number of hydrogen-bond acceptors (Lipinski definition) is 6. The lowest BCUT2D eigenvalue weighted by Crippen LogP contribution is -2.30. The molecule has 6 heteroatoms. The number of allylic oxidation sites excluding steroid dienone is 2. The molecule has 0 aromatic rings. The summed E-state index contributed by atoms with van der Waals surface area (Å²) in [6.07, 6.45) is 53.3. The van der Waals surface area contributed by atoms with Crippen LogP contribution in [0.3, 0.4) is 0 Å². The van der Waals surface area contributed by atoms with Crippen LogP contribution in [-0.2, 0) is 28.6 Å². The van der Waals surface area contributed by atoms with Gasteiger partial charge < -0.3 is 14.2 Å². The van der Waals surface area contributed by atoms with E-state index in [0.717, 1.165) is 57.8 Å². The van der Waals surface area contributed by atoms with Gasteiger partial charge in [-0.05, 0) is 44.9 Å². The Hall–Kier alpha value is -1.85. The van der Waals surface area contributed by atoms with Crippen LogP contribution in [-0.4, -0.2) is 37.2 Å². The number of unbranched alkanes of at least 4 members (excludes halogenated alkanes) is 35. The van der Waals surface area contributed by atoms with Crippen LogP contribution < -0.4 is 0 Å². The lowest BCUT2D eigenvalue weighted by Gasteiger charge is -2.18. The Morgan fingerprint density at radius 2 is 0.559 bits per heavy atom. The van der Waals surface area contributed by atoms with Crippen molar-refractivity contribution in [1.82, 2.24) is 0 Å². The summed E-state index contributed by atoms with van der Waals surface area (Å²) >= 11 is 0. The summed E-state index contributed by atoms with van der Waals surface area (Å²) in [7, 11) is 0. The van der Waals surface area contributed by atoms with Gasteiger partial charge in [0.2, 0.25) is 0 Å². The summed E-state index contributed by atoms with van der Waals surface area (Å²) in [6.45, 7) is 6.65. The lowest BCUT2D eigenvalue weighted by molar-refractivity contribution is -0.167. The molecule has 0 aromatic carbocycles. The van der Waals surface area contributed by atoms with Crippen molar-refractivity contribution in [3.05, 3.63) is 12.2 Å². The largest absolute Gasteiger partial charge is 0.462 e. The minimum atomic E-state index is -0.764. The fraction of sp³-hybridized carbons (Fsp3) is 0.906. The van der Waals surface area contributed by atoms with E-state index in [0.29, 0.717) is 19.3 Å². The Kier molecular flexibility index (Phi) is 47.3. The normalized spacial score (nSPS) is 12.0. The highest BCUT2D eigenvalue weighted by molar-refractivity contribution is 5.71. The van der Waals surface area contributed by atoms with Crippen LogP contribution in [0.2, 0.25) is 0 Å². The molecule has 0 aromatic heterocycles. The molecule has 0 rings (SSSR count).